The summed E-state index contributed by atoms with van der Waals surface area (Å²) in [4.78, 5) is 17.0. The summed E-state index contributed by atoms with van der Waals surface area (Å²) >= 11 is 0. The van der Waals surface area contributed by atoms with E-state index in [0.29, 0.717) is 6.54 Å². The second-order valence-corrected chi connectivity index (χ2v) is 7.01. The monoisotopic (exact) mass is 397 g/mol. The molecule has 1 aliphatic heterocycles. The Balaban J connectivity index is 0.00000121. The van der Waals surface area contributed by atoms with Gasteiger partial charge in [0.25, 0.3) is 0 Å². The van der Waals surface area contributed by atoms with E-state index in [1.54, 1.807) is 6.20 Å². The van der Waals surface area contributed by atoms with Crippen LogP contribution in [-0.2, 0) is 11.3 Å². The highest BCUT2D eigenvalue weighted by molar-refractivity contribution is 5.94. The highest BCUT2D eigenvalue weighted by atomic mass is 35.5. The number of rotatable bonds is 4. The third kappa shape index (κ3) is 4.19. The van der Waals surface area contributed by atoms with E-state index in [4.69, 9.17) is 0 Å². The Bertz CT molecular complexity index is 743. The standard InChI is InChI=1S/C18H23N5O.2ClH/c1-13-10-16(23(22-13)12-14-4-2-3-7-20-14)21-17(24)15-11-18(15)5-8-19-9-6-18;;/h2-4,7,10,15,19H,5-6,8-9,11-12H2,1H3,(H,21,24);2*1H. The lowest BCUT2D eigenvalue weighted by molar-refractivity contribution is -0.118. The van der Waals surface area contributed by atoms with Crippen molar-refractivity contribution in [2.75, 3.05) is 18.4 Å². The van der Waals surface area contributed by atoms with Crippen LogP contribution < -0.4 is 10.6 Å². The molecule has 0 radical (unpaired) electrons. The summed E-state index contributed by atoms with van der Waals surface area (Å²) in [6.45, 7) is 4.56. The van der Waals surface area contributed by atoms with E-state index in [1.807, 2.05) is 35.9 Å². The van der Waals surface area contributed by atoms with Crippen LogP contribution in [0, 0.1) is 18.3 Å². The zero-order valence-corrected chi connectivity index (χ0v) is 16.4. The summed E-state index contributed by atoms with van der Waals surface area (Å²) in [5.74, 6) is 1.05. The largest absolute Gasteiger partial charge is 0.317 e. The van der Waals surface area contributed by atoms with Gasteiger partial charge in [0.05, 0.1) is 17.9 Å². The van der Waals surface area contributed by atoms with Crippen molar-refractivity contribution in [3.63, 3.8) is 0 Å². The SMILES string of the molecule is Cc1cc(NC(=O)C2CC23CCNCC3)n(Cc2ccccn2)n1.Cl.Cl. The van der Waals surface area contributed by atoms with Crippen LogP contribution >= 0.6 is 24.8 Å². The predicted octanol–water partition coefficient (Wildman–Crippen LogP) is 2.81. The minimum Gasteiger partial charge on any atom is -0.317 e. The van der Waals surface area contributed by atoms with E-state index in [0.717, 1.165) is 49.6 Å². The summed E-state index contributed by atoms with van der Waals surface area (Å²) in [5, 5.41) is 11.0. The molecular formula is C18H25Cl2N5O. The van der Waals surface area contributed by atoms with Crippen molar-refractivity contribution in [2.45, 2.75) is 32.7 Å². The highest BCUT2D eigenvalue weighted by Crippen LogP contribution is 2.58. The first kappa shape index (κ1) is 20.7. The fraction of sp³-hybridized carbons (Fsp3) is 0.500. The average molecular weight is 398 g/mol. The van der Waals surface area contributed by atoms with Gasteiger partial charge >= 0.3 is 0 Å². The molecule has 0 aromatic carbocycles. The van der Waals surface area contributed by atoms with Crippen LogP contribution in [0.25, 0.3) is 0 Å². The molecule has 2 aliphatic rings. The molecule has 1 unspecified atom stereocenters. The second kappa shape index (κ2) is 8.37. The Morgan fingerprint density at radius 2 is 2.12 bits per heavy atom. The molecule has 142 valence electrons. The summed E-state index contributed by atoms with van der Waals surface area (Å²) in [7, 11) is 0. The molecule has 8 heteroatoms. The van der Waals surface area contributed by atoms with Gasteiger partial charge in [-0.25, -0.2) is 4.68 Å². The van der Waals surface area contributed by atoms with Crippen molar-refractivity contribution in [1.29, 1.82) is 0 Å². The Labute approximate surface area is 166 Å². The van der Waals surface area contributed by atoms with E-state index in [-0.39, 0.29) is 42.1 Å². The summed E-state index contributed by atoms with van der Waals surface area (Å²) in [6.07, 6.45) is 5.01. The quantitative estimate of drug-likeness (QED) is 0.831. The van der Waals surface area contributed by atoms with Gasteiger partial charge in [0.15, 0.2) is 0 Å². The van der Waals surface area contributed by atoms with Crippen LogP contribution in [0.1, 0.15) is 30.7 Å². The minimum absolute atomic E-state index is 0. The minimum atomic E-state index is 0. The zero-order valence-electron chi connectivity index (χ0n) is 14.8. The van der Waals surface area contributed by atoms with E-state index >= 15 is 0 Å². The van der Waals surface area contributed by atoms with Crippen molar-refractivity contribution in [2.24, 2.45) is 11.3 Å². The molecule has 6 nitrogen and oxygen atoms in total. The maximum absolute atomic E-state index is 12.7. The number of piperidine rings is 1. The Hall–Kier alpha value is -1.63. The number of carbonyl (C=O) groups is 1. The molecule has 0 bridgehead atoms. The third-order valence-corrected chi connectivity index (χ3v) is 5.30. The van der Waals surface area contributed by atoms with Crippen LogP contribution in [-0.4, -0.2) is 33.8 Å². The fourth-order valence-corrected chi connectivity index (χ4v) is 3.82. The van der Waals surface area contributed by atoms with Crippen LogP contribution in [0.4, 0.5) is 5.82 Å². The first-order chi connectivity index (χ1) is 11.7. The van der Waals surface area contributed by atoms with Gasteiger partial charge in [-0.15, -0.1) is 24.8 Å². The lowest BCUT2D eigenvalue weighted by Crippen LogP contribution is -2.31. The van der Waals surface area contributed by atoms with E-state index in [2.05, 4.69) is 20.7 Å². The number of pyridine rings is 1. The molecule has 2 N–H and O–H groups in total. The molecule has 1 atom stereocenters. The number of carbonyl (C=O) groups excluding carboxylic acids is 1. The van der Waals surface area contributed by atoms with E-state index in [1.165, 1.54) is 0 Å². The number of halogens is 2. The normalized spacial score (nSPS) is 20.0. The third-order valence-electron chi connectivity index (χ3n) is 5.30. The maximum Gasteiger partial charge on any atom is 0.229 e. The lowest BCUT2D eigenvalue weighted by Gasteiger charge is -2.23. The number of nitrogens with zero attached hydrogens (tertiary/aromatic N) is 3. The van der Waals surface area contributed by atoms with Gasteiger partial charge in [0.2, 0.25) is 5.91 Å². The zero-order chi connectivity index (χ0) is 16.6. The van der Waals surface area contributed by atoms with Gasteiger partial charge in [0.1, 0.15) is 5.82 Å². The van der Waals surface area contributed by atoms with Gasteiger partial charge in [0, 0.05) is 18.2 Å². The maximum atomic E-state index is 12.7. The van der Waals surface area contributed by atoms with Gasteiger partial charge in [-0.3, -0.25) is 9.78 Å². The highest BCUT2D eigenvalue weighted by Gasteiger charge is 2.57. The topological polar surface area (TPSA) is 71.8 Å². The van der Waals surface area contributed by atoms with Gasteiger partial charge in [-0.05, 0) is 56.8 Å². The molecule has 1 saturated heterocycles. The number of hydrogen-bond acceptors (Lipinski definition) is 4. The Kier molecular flexibility index (Phi) is 6.66. The fourth-order valence-electron chi connectivity index (χ4n) is 3.82. The van der Waals surface area contributed by atoms with Gasteiger partial charge < -0.3 is 10.6 Å². The van der Waals surface area contributed by atoms with Crippen LogP contribution in [0.3, 0.4) is 0 Å². The molecule has 1 saturated carbocycles. The van der Waals surface area contributed by atoms with Crippen LogP contribution in [0.15, 0.2) is 30.5 Å². The van der Waals surface area contributed by atoms with Crippen molar-refractivity contribution >= 4 is 36.5 Å². The molecule has 2 aromatic heterocycles. The molecule has 2 aromatic rings. The molecule has 4 rings (SSSR count). The molecule has 26 heavy (non-hydrogen) atoms. The number of aryl methyl sites for hydroxylation is 1. The number of hydrogen-bond donors (Lipinski definition) is 2. The predicted molar refractivity (Wildman–Crippen MR) is 106 cm³/mol. The van der Waals surface area contributed by atoms with Crippen molar-refractivity contribution < 1.29 is 4.79 Å². The van der Waals surface area contributed by atoms with Gasteiger partial charge in [-0.1, -0.05) is 6.07 Å². The smallest absolute Gasteiger partial charge is 0.229 e. The van der Waals surface area contributed by atoms with Gasteiger partial charge in [-0.2, -0.15) is 5.10 Å². The number of nitrogens with one attached hydrogen (secondary N) is 2. The summed E-state index contributed by atoms with van der Waals surface area (Å²) < 4.78 is 1.83. The molecule has 2 fully saturated rings. The van der Waals surface area contributed by atoms with E-state index in [9.17, 15) is 4.79 Å². The Morgan fingerprint density at radius 3 is 2.81 bits per heavy atom. The van der Waals surface area contributed by atoms with Crippen LogP contribution in [0.5, 0.6) is 0 Å². The Morgan fingerprint density at radius 1 is 1.35 bits per heavy atom. The first-order valence-electron chi connectivity index (χ1n) is 8.62. The number of anilines is 1. The van der Waals surface area contributed by atoms with Crippen molar-refractivity contribution in [3.05, 3.63) is 41.9 Å². The molecule has 3 heterocycles. The number of amides is 1. The average Bonchev–Trinajstić information content (AvgIpc) is 3.17. The second-order valence-electron chi connectivity index (χ2n) is 7.01. The van der Waals surface area contributed by atoms with Crippen molar-refractivity contribution in [3.8, 4) is 0 Å². The molecule has 1 aliphatic carbocycles. The summed E-state index contributed by atoms with van der Waals surface area (Å²) in [6, 6.07) is 7.75. The molecule has 1 spiro atoms. The summed E-state index contributed by atoms with van der Waals surface area (Å²) in [5.41, 5.74) is 2.07. The van der Waals surface area contributed by atoms with Crippen LogP contribution in [0.2, 0.25) is 0 Å². The molecule has 1 amide bonds. The van der Waals surface area contributed by atoms with E-state index < -0.39 is 0 Å². The van der Waals surface area contributed by atoms with Crippen molar-refractivity contribution in [1.82, 2.24) is 20.1 Å². The molecular weight excluding hydrogens is 373 g/mol. The lowest BCUT2D eigenvalue weighted by atomic mass is 9.92. The number of aromatic nitrogens is 3. The first-order valence-corrected chi connectivity index (χ1v) is 8.62.